The van der Waals surface area contributed by atoms with Crippen molar-refractivity contribution >= 4 is 11.5 Å². The maximum atomic E-state index is 12.7. The van der Waals surface area contributed by atoms with Crippen LogP contribution in [0.4, 0.5) is 5.69 Å². The van der Waals surface area contributed by atoms with Gasteiger partial charge in [0.2, 0.25) is 0 Å². The average Bonchev–Trinajstić information content (AvgIpc) is 2.39. The molecule has 1 fully saturated rings. The van der Waals surface area contributed by atoms with E-state index in [2.05, 4.69) is 25.7 Å². The van der Waals surface area contributed by atoms with Crippen molar-refractivity contribution in [2.45, 2.75) is 45.4 Å². The van der Waals surface area contributed by atoms with Gasteiger partial charge in [0, 0.05) is 24.3 Å². The lowest BCUT2D eigenvalue weighted by Crippen LogP contribution is -2.52. The van der Waals surface area contributed by atoms with Crippen molar-refractivity contribution in [3.63, 3.8) is 0 Å². The van der Waals surface area contributed by atoms with Crippen molar-refractivity contribution in [2.75, 3.05) is 18.8 Å². The van der Waals surface area contributed by atoms with Crippen molar-refractivity contribution in [3.8, 4) is 0 Å². The topological polar surface area (TPSA) is 55.6 Å². The molecule has 1 aliphatic heterocycles. The van der Waals surface area contributed by atoms with E-state index in [0.717, 1.165) is 25.1 Å². The van der Waals surface area contributed by atoms with Crippen molar-refractivity contribution in [1.82, 2.24) is 4.90 Å². The number of hydrogen-bond donors (Lipinski definition) is 1. The van der Waals surface area contributed by atoms with Crippen molar-refractivity contribution < 1.29 is 9.53 Å². The highest BCUT2D eigenvalue weighted by molar-refractivity contribution is 6.00. The van der Waals surface area contributed by atoms with Crippen LogP contribution >= 0.6 is 0 Å². The van der Waals surface area contributed by atoms with E-state index >= 15 is 0 Å². The summed E-state index contributed by atoms with van der Waals surface area (Å²) < 4.78 is 5.74. The van der Waals surface area contributed by atoms with Crippen LogP contribution in [-0.4, -0.2) is 42.0 Å². The number of hydrogen-bond acceptors (Lipinski definition) is 4. The molecule has 0 saturated carbocycles. The number of ether oxygens (including phenoxy) is 1. The number of anilines is 1. The fraction of sp³-hybridized carbons (Fsp3) is 0.562. The van der Waals surface area contributed by atoms with Crippen molar-refractivity contribution in [1.29, 1.82) is 0 Å². The van der Waals surface area contributed by atoms with Gasteiger partial charge in [-0.15, -0.1) is 0 Å². The summed E-state index contributed by atoms with van der Waals surface area (Å²) in [6.07, 6.45) is 1.15. The minimum absolute atomic E-state index is 0.0765. The summed E-state index contributed by atoms with van der Waals surface area (Å²) in [4.78, 5) is 14.9. The van der Waals surface area contributed by atoms with Crippen LogP contribution in [0.25, 0.3) is 0 Å². The number of benzene rings is 1. The van der Waals surface area contributed by atoms with Gasteiger partial charge in [0.05, 0.1) is 18.2 Å². The number of rotatable bonds is 4. The smallest absolute Gasteiger partial charge is 0.179 e. The van der Waals surface area contributed by atoms with Gasteiger partial charge in [-0.2, -0.15) is 0 Å². The molecule has 20 heavy (non-hydrogen) atoms. The lowest BCUT2D eigenvalue weighted by atomic mass is 9.99. The van der Waals surface area contributed by atoms with E-state index in [0.29, 0.717) is 5.69 Å². The van der Waals surface area contributed by atoms with Gasteiger partial charge in [0.1, 0.15) is 0 Å². The van der Waals surface area contributed by atoms with Crippen LogP contribution in [0, 0.1) is 0 Å². The Hall–Kier alpha value is -1.39. The second-order valence-electron chi connectivity index (χ2n) is 5.62. The van der Waals surface area contributed by atoms with Gasteiger partial charge in [-0.05, 0) is 44.5 Å². The molecule has 0 bridgehead atoms. The summed E-state index contributed by atoms with van der Waals surface area (Å²) in [5, 5.41) is 0. The summed E-state index contributed by atoms with van der Waals surface area (Å²) in [6, 6.07) is 7.11. The van der Waals surface area contributed by atoms with Crippen LogP contribution in [0.3, 0.4) is 0 Å². The zero-order valence-electron chi connectivity index (χ0n) is 12.5. The minimum atomic E-state index is -0.0765. The molecule has 2 N–H and O–H groups in total. The van der Waals surface area contributed by atoms with E-state index in [9.17, 15) is 4.79 Å². The molecule has 1 saturated heterocycles. The number of carbonyl (C=O) groups is 1. The van der Waals surface area contributed by atoms with Crippen LogP contribution in [0.15, 0.2) is 24.3 Å². The van der Waals surface area contributed by atoms with Gasteiger partial charge in [-0.1, -0.05) is 6.92 Å². The van der Waals surface area contributed by atoms with Crippen LogP contribution in [0.5, 0.6) is 0 Å². The molecule has 2 rings (SSSR count). The third kappa shape index (κ3) is 3.38. The Balaban J connectivity index is 2.14. The predicted molar refractivity (Wildman–Crippen MR) is 80.8 cm³/mol. The average molecular weight is 276 g/mol. The molecule has 4 heteroatoms. The minimum Gasteiger partial charge on any atom is -0.399 e. The number of ketones is 1. The third-order valence-electron chi connectivity index (χ3n) is 3.77. The van der Waals surface area contributed by atoms with Crippen molar-refractivity contribution in [3.05, 3.63) is 29.8 Å². The van der Waals surface area contributed by atoms with Gasteiger partial charge >= 0.3 is 0 Å². The maximum absolute atomic E-state index is 12.7. The molecule has 0 radical (unpaired) electrons. The number of nitrogens with zero attached hydrogens (tertiary/aromatic N) is 1. The third-order valence-corrected chi connectivity index (χ3v) is 3.77. The largest absolute Gasteiger partial charge is 0.399 e. The number of nitrogens with two attached hydrogens (primary N) is 1. The molecule has 3 unspecified atom stereocenters. The maximum Gasteiger partial charge on any atom is 0.179 e. The molecule has 1 heterocycles. The Morgan fingerprint density at radius 1 is 1.30 bits per heavy atom. The first-order chi connectivity index (χ1) is 9.51. The van der Waals surface area contributed by atoms with Crippen LogP contribution in [-0.2, 0) is 4.74 Å². The highest BCUT2D eigenvalue weighted by Gasteiger charge is 2.31. The van der Waals surface area contributed by atoms with Gasteiger partial charge in [0.25, 0.3) is 0 Å². The zero-order chi connectivity index (χ0) is 14.7. The fourth-order valence-corrected chi connectivity index (χ4v) is 2.92. The van der Waals surface area contributed by atoms with E-state index in [1.54, 1.807) is 12.1 Å². The lowest BCUT2D eigenvalue weighted by Gasteiger charge is -2.39. The fourth-order valence-electron chi connectivity index (χ4n) is 2.92. The quantitative estimate of drug-likeness (QED) is 0.677. The SMILES string of the molecule is CCC(C(=O)c1ccc(N)cc1)N1CC(C)OC(C)C1. The molecule has 3 atom stereocenters. The summed E-state index contributed by atoms with van der Waals surface area (Å²) in [6.45, 7) is 7.80. The number of carbonyl (C=O) groups excluding carboxylic acids is 1. The Labute approximate surface area is 120 Å². The number of Topliss-reactive ketones (excluding diaryl/α,β-unsaturated/α-hetero) is 1. The molecule has 1 aromatic rings. The van der Waals surface area contributed by atoms with E-state index in [4.69, 9.17) is 10.5 Å². The standard InChI is InChI=1S/C16H24N2O2/c1-4-15(18-9-11(2)20-12(3)10-18)16(19)13-5-7-14(17)8-6-13/h5-8,11-12,15H,4,9-10,17H2,1-3H3. The zero-order valence-corrected chi connectivity index (χ0v) is 12.5. The Morgan fingerprint density at radius 3 is 2.35 bits per heavy atom. The molecule has 110 valence electrons. The Morgan fingerprint density at radius 2 is 1.85 bits per heavy atom. The monoisotopic (exact) mass is 276 g/mol. The molecule has 0 spiro atoms. The highest BCUT2D eigenvalue weighted by atomic mass is 16.5. The molecule has 4 nitrogen and oxygen atoms in total. The van der Waals surface area contributed by atoms with Gasteiger partial charge in [-0.25, -0.2) is 0 Å². The van der Waals surface area contributed by atoms with E-state index in [1.807, 2.05) is 12.1 Å². The molecule has 1 aromatic carbocycles. The summed E-state index contributed by atoms with van der Waals surface area (Å²) in [5.41, 5.74) is 7.09. The van der Waals surface area contributed by atoms with Gasteiger partial charge < -0.3 is 10.5 Å². The van der Waals surface area contributed by atoms with Gasteiger partial charge in [-0.3, -0.25) is 9.69 Å². The summed E-state index contributed by atoms with van der Waals surface area (Å²) >= 11 is 0. The number of nitrogen functional groups attached to an aromatic ring is 1. The number of morpholine rings is 1. The van der Waals surface area contributed by atoms with Crippen LogP contribution in [0.1, 0.15) is 37.6 Å². The first-order valence-corrected chi connectivity index (χ1v) is 7.30. The summed E-state index contributed by atoms with van der Waals surface area (Å²) in [7, 11) is 0. The molecule has 0 aliphatic carbocycles. The molecular weight excluding hydrogens is 252 g/mol. The first-order valence-electron chi connectivity index (χ1n) is 7.30. The second kappa shape index (κ2) is 6.37. The van der Waals surface area contributed by atoms with E-state index < -0.39 is 0 Å². The van der Waals surface area contributed by atoms with Crippen LogP contribution < -0.4 is 5.73 Å². The second-order valence-corrected chi connectivity index (χ2v) is 5.62. The molecule has 0 amide bonds. The molecule has 0 aromatic heterocycles. The van der Waals surface area contributed by atoms with E-state index in [-0.39, 0.29) is 24.0 Å². The van der Waals surface area contributed by atoms with Crippen LogP contribution in [0.2, 0.25) is 0 Å². The van der Waals surface area contributed by atoms with E-state index in [1.165, 1.54) is 0 Å². The van der Waals surface area contributed by atoms with Gasteiger partial charge in [0.15, 0.2) is 5.78 Å². The highest BCUT2D eigenvalue weighted by Crippen LogP contribution is 2.19. The van der Waals surface area contributed by atoms with Crippen molar-refractivity contribution in [2.24, 2.45) is 0 Å². The molecular formula is C16H24N2O2. The Kier molecular flexibility index (Phi) is 4.78. The first kappa shape index (κ1) is 15.0. The Bertz CT molecular complexity index is 448. The lowest BCUT2D eigenvalue weighted by molar-refractivity contribution is -0.0764. The molecule has 1 aliphatic rings. The summed E-state index contributed by atoms with van der Waals surface area (Å²) in [5.74, 6) is 0.175. The predicted octanol–water partition coefficient (Wildman–Crippen LogP) is 2.34. The normalized spacial score (nSPS) is 25.4.